The Balaban J connectivity index is 4.09. The van der Waals surface area contributed by atoms with Crippen molar-refractivity contribution >= 4 is 0 Å². The summed E-state index contributed by atoms with van der Waals surface area (Å²) < 4.78 is 5.09. The lowest BCUT2D eigenvalue weighted by Gasteiger charge is -2.32. The zero-order chi connectivity index (χ0) is 9.61. The lowest BCUT2D eigenvalue weighted by molar-refractivity contribution is 0.0494. The summed E-state index contributed by atoms with van der Waals surface area (Å²) >= 11 is 0. The van der Waals surface area contributed by atoms with E-state index in [1.54, 1.807) is 7.11 Å². The third kappa shape index (κ3) is 3.11. The number of nitrogens with two attached hydrogens (primary N) is 1. The minimum atomic E-state index is -0.0927. The van der Waals surface area contributed by atoms with Crippen LogP contribution in [0.2, 0.25) is 0 Å². The van der Waals surface area contributed by atoms with Crippen LogP contribution in [0.15, 0.2) is 0 Å². The fraction of sp³-hybridized carbons (Fsp3) is 1.00. The summed E-state index contributed by atoms with van der Waals surface area (Å²) in [5.41, 5.74) is 6.16. The molecule has 0 bridgehead atoms. The van der Waals surface area contributed by atoms with E-state index in [0.29, 0.717) is 5.41 Å². The normalized spacial score (nSPS) is 14.8. The molecular weight excluding hydrogens is 150 g/mol. The van der Waals surface area contributed by atoms with Crippen molar-refractivity contribution in [2.24, 2.45) is 11.1 Å². The third-order valence-corrected chi connectivity index (χ3v) is 3.19. The van der Waals surface area contributed by atoms with Gasteiger partial charge in [0, 0.05) is 7.11 Å². The Labute approximate surface area is 76.5 Å². The van der Waals surface area contributed by atoms with Crippen LogP contribution in [0, 0.1) is 5.41 Å². The van der Waals surface area contributed by atoms with Crippen LogP contribution in [-0.2, 0) is 4.74 Å². The molecule has 2 N–H and O–H groups in total. The van der Waals surface area contributed by atoms with Gasteiger partial charge in [-0.2, -0.15) is 0 Å². The van der Waals surface area contributed by atoms with E-state index >= 15 is 0 Å². The maximum Gasteiger partial charge on any atom is 0.105 e. The zero-order valence-electron chi connectivity index (χ0n) is 8.89. The van der Waals surface area contributed by atoms with Gasteiger partial charge in [-0.05, 0) is 11.8 Å². The van der Waals surface area contributed by atoms with Crippen LogP contribution in [0.5, 0.6) is 0 Å². The van der Waals surface area contributed by atoms with Gasteiger partial charge in [0.1, 0.15) is 6.23 Å². The largest absolute Gasteiger partial charge is 0.367 e. The van der Waals surface area contributed by atoms with Gasteiger partial charge in [-0.25, -0.2) is 0 Å². The van der Waals surface area contributed by atoms with E-state index in [1.165, 1.54) is 19.3 Å². The van der Waals surface area contributed by atoms with Gasteiger partial charge in [-0.15, -0.1) is 0 Å². The number of rotatable bonds is 6. The molecule has 0 aromatic heterocycles. The molecule has 0 aliphatic carbocycles. The molecule has 0 aromatic carbocycles. The summed E-state index contributed by atoms with van der Waals surface area (Å²) in [6.07, 6.45) is 4.46. The molecule has 2 heteroatoms. The molecule has 0 aliphatic rings. The molecular formula is C10H23NO. The predicted molar refractivity (Wildman–Crippen MR) is 52.9 cm³/mol. The molecule has 2 nitrogen and oxygen atoms in total. The molecule has 12 heavy (non-hydrogen) atoms. The highest BCUT2D eigenvalue weighted by Gasteiger charge is 2.26. The molecule has 0 aromatic rings. The van der Waals surface area contributed by atoms with Crippen LogP contribution in [0.1, 0.15) is 46.5 Å². The molecule has 0 saturated carbocycles. The first-order valence-corrected chi connectivity index (χ1v) is 4.92. The highest BCUT2D eigenvalue weighted by Crippen LogP contribution is 2.34. The van der Waals surface area contributed by atoms with Crippen LogP contribution < -0.4 is 5.73 Å². The SMILES string of the molecule is CCC(CC)(CC)CC(N)OC. The average molecular weight is 173 g/mol. The molecule has 0 rings (SSSR count). The number of hydrogen-bond donors (Lipinski definition) is 1. The van der Waals surface area contributed by atoms with Gasteiger partial charge in [0.15, 0.2) is 0 Å². The summed E-state index contributed by atoms with van der Waals surface area (Å²) in [6.45, 7) is 6.69. The lowest BCUT2D eigenvalue weighted by atomic mass is 9.76. The van der Waals surface area contributed by atoms with E-state index in [-0.39, 0.29) is 6.23 Å². The van der Waals surface area contributed by atoms with Crippen LogP contribution in [-0.4, -0.2) is 13.3 Å². The fourth-order valence-corrected chi connectivity index (χ4v) is 1.69. The lowest BCUT2D eigenvalue weighted by Crippen LogP contribution is -2.31. The summed E-state index contributed by atoms with van der Waals surface area (Å²) in [5.74, 6) is 0. The summed E-state index contributed by atoms with van der Waals surface area (Å²) in [6, 6.07) is 0. The molecule has 0 fully saturated rings. The molecule has 0 aliphatic heterocycles. The Morgan fingerprint density at radius 1 is 1.17 bits per heavy atom. The van der Waals surface area contributed by atoms with E-state index in [0.717, 1.165) is 6.42 Å². The second-order valence-corrected chi connectivity index (χ2v) is 3.54. The summed E-state index contributed by atoms with van der Waals surface area (Å²) in [7, 11) is 1.68. The maximum absolute atomic E-state index is 5.76. The molecule has 0 saturated heterocycles. The Bertz CT molecular complexity index is 102. The second-order valence-electron chi connectivity index (χ2n) is 3.54. The Morgan fingerprint density at radius 3 is 1.83 bits per heavy atom. The van der Waals surface area contributed by atoms with E-state index in [4.69, 9.17) is 10.5 Å². The van der Waals surface area contributed by atoms with Crippen molar-refractivity contribution in [1.29, 1.82) is 0 Å². The van der Waals surface area contributed by atoms with Gasteiger partial charge in [0.2, 0.25) is 0 Å². The fourth-order valence-electron chi connectivity index (χ4n) is 1.69. The van der Waals surface area contributed by atoms with Crippen LogP contribution in [0.4, 0.5) is 0 Å². The predicted octanol–water partition coefficient (Wildman–Crippen LogP) is 2.52. The van der Waals surface area contributed by atoms with Gasteiger partial charge in [0.25, 0.3) is 0 Å². The van der Waals surface area contributed by atoms with Crippen molar-refractivity contribution in [3.8, 4) is 0 Å². The average Bonchev–Trinajstić information content (AvgIpc) is 2.14. The van der Waals surface area contributed by atoms with E-state index in [1.807, 2.05) is 0 Å². The second kappa shape index (κ2) is 5.55. The monoisotopic (exact) mass is 173 g/mol. The van der Waals surface area contributed by atoms with Crippen LogP contribution >= 0.6 is 0 Å². The maximum atomic E-state index is 5.76. The summed E-state index contributed by atoms with van der Waals surface area (Å²) in [5, 5.41) is 0. The van der Waals surface area contributed by atoms with Crippen molar-refractivity contribution in [3.63, 3.8) is 0 Å². The molecule has 1 atom stereocenters. The first-order valence-electron chi connectivity index (χ1n) is 4.92. The quantitative estimate of drug-likeness (QED) is 0.626. The highest BCUT2D eigenvalue weighted by atomic mass is 16.5. The van der Waals surface area contributed by atoms with Crippen molar-refractivity contribution in [2.45, 2.75) is 52.7 Å². The van der Waals surface area contributed by atoms with Crippen molar-refractivity contribution in [1.82, 2.24) is 0 Å². The minimum Gasteiger partial charge on any atom is -0.367 e. The third-order valence-electron chi connectivity index (χ3n) is 3.19. The van der Waals surface area contributed by atoms with Crippen molar-refractivity contribution in [3.05, 3.63) is 0 Å². The van der Waals surface area contributed by atoms with Gasteiger partial charge in [-0.1, -0.05) is 40.0 Å². The number of ether oxygens (including phenoxy) is 1. The summed E-state index contributed by atoms with van der Waals surface area (Å²) in [4.78, 5) is 0. The van der Waals surface area contributed by atoms with Gasteiger partial charge < -0.3 is 10.5 Å². The van der Waals surface area contributed by atoms with Gasteiger partial charge in [-0.3, -0.25) is 0 Å². The minimum absolute atomic E-state index is 0.0927. The molecule has 74 valence electrons. The standard InChI is InChI=1S/C10H23NO/c1-5-10(6-2,7-3)8-9(11)12-4/h9H,5-8,11H2,1-4H3. The van der Waals surface area contributed by atoms with Crippen LogP contribution in [0.25, 0.3) is 0 Å². The Morgan fingerprint density at radius 2 is 1.58 bits per heavy atom. The number of methoxy groups -OCH3 is 1. The molecule has 0 spiro atoms. The first-order chi connectivity index (χ1) is 5.64. The highest BCUT2D eigenvalue weighted by molar-refractivity contribution is 4.76. The Kier molecular flexibility index (Phi) is 5.51. The topological polar surface area (TPSA) is 35.2 Å². The molecule has 0 heterocycles. The smallest absolute Gasteiger partial charge is 0.105 e. The molecule has 0 amide bonds. The zero-order valence-corrected chi connectivity index (χ0v) is 8.89. The van der Waals surface area contributed by atoms with Crippen LogP contribution in [0.3, 0.4) is 0 Å². The van der Waals surface area contributed by atoms with E-state index in [9.17, 15) is 0 Å². The van der Waals surface area contributed by atoms with Gasteiger partial charge >= 0.3 is 0 Å². The van der Waals surface area contributed by atoms with E-state index < -0.39 is 0 Å². The van der Waals surface area contributed by atoms with Crippen molar-refractivity contribution in [2.75, 3.05) is 7.11 Å². The van der Waals surface area contributed by atoms with Gasteiger partial charge in [0.05, 0.1) is 0 Å². The molecule has 1 unspecified atom stereocenters. The Hall–Kier alpha value is -0.0800. The van der Waals surface area contributed by atoms with E-state index in [2.05, 4.69) is 20.8 Å². The first kappa shape index (κ1) is 11.9. The number of hydrogen-bond acceptors (Lipinski definition) is 2. The molecule has 0 radical (unpaired) electrons. The van der Waals surface area contributed by atoms with Crippen molar-refractivity contribution < 1.29 is 4.74 Å².